The molecule has 4 heteroatoms. The summed E-state index contributed by atoms with van der Waals surface area (Å²) in [6, 6.07) is 8.42. The number of hydrogen-bond donors (Lipinski definition) is 0. The third kappa shape index (κ3) is 2.94. The maximum atomic E-state index is 5.86. The molecule has 1 fully saturated rings. The van der Waals surface area contributed by atoms with Crippen molar-refractivity contribution in [3.8, 4) is 11.4 Å². The second kappa shape index (κ2) is 6.73. The molecule has 0 amide bonds. The van der Waals surface area contributed by atoms with Crippen LogP contribution in [0, 0.1) is 6.92 Å². The van der Waals surface area contributed by atoms with Crippen molar-refractivity contribution in [2.45, 2.75) is 45.3 Å². The summed E-state index contributed by atoms with van der Waals surface area (Å²) in [4.78, 5) is 9.17. The van der Waals surface area contributed by atoms with Gasteiger partial charge in [0.2, 0.25) is 0 Å². The van der Waals surface area contributed by atoms with E-state index in [1.165, 1.54) is 30.2 Å². The topological polar surface area (TPSA) is 39.9 Å². The molecule has 0 N–H and O–H groups in total. The first kappa shape index (κ1) is 15.3. The van der Waals surface area contributed by atoms with E-state index in [2.05, 4.69) is 45.9 Å². The van der Waals surface area contributed by atoms with Crippen molar-refractivity contribution in [1.82, 2.24) is 14.5 Å². The van der Waals surface area contributed by atoms with E-state index in [1.54, 1.807) is 0 Å². The van der Waals surface area contributed by atoms with Crippen molar-refractivity contribution in [2.75, 3.05) is 6.61 Å². The van der Waals surface area contributed by atoms with Gasteiger partial charge in [0.1, 0.15) is 5.82 Å². The molecule has 3 aromatic rings. The van der Waals surface area contributed by atoms with Gasteiger partial charge in [0, 0.05) is 42.7 Å². The highest BCUT2D eigenvalue weighted by Gasteiger charge is 2.16. The van der Waals surface area contributed by atoms with Gasteiger partial charge in [-0.1, -0.05) is 18.2 Å². The lowest BCUT2D eigenvalue weighted by molar-refractivity contribution is 0.00888. The van der Waals surface area contributed by atoms with Crippen molar-refractivity contribution in [3.05, 3.63) is 48.4 Å². The average molecular weight is 321 g/mol. The van der Waals surface area contributed by atoms with E-state index >= 15 is 0 Å². The third-order valence-electron chi connectivity index (χ3n) is 4.89. The lowest BCUT2D eigenvalue weighted by Gasteiger charge is -2.23. The molecule has 24 heavy (non-hydrogen) atoms. The van der Waals surface area contributed by atoms with Gasteiger partial charge in [0.15, 0.2) is 0 Å². The van der Waals surface area contributed by atoms with Gasteiger partial charge in [0.25, 0.3) is 0 Å². The first-order valence-corrected chi connectivity index (χ1v) is 8.80. The first-order valence-electron chi connectivity index (χ1n) is 8.80. The van der Waals surface area contributed by atoms with Crippen molar-refractivity contribution in [1.29, 1.82) is 0 Å². The largest absolute Gasteiger partial charge is 0.378 e. The lowest BCUT2D eigenvalue weighted by atomic mass is 10.0. The van der Waals surface area contributed by atoms with Crippen LogP contribution in [0.25, 0.3) is 22.3 Å². The predicted molar refractivity (Wildman–Crippen MR) is 95.9 cm³/mol. The Balaban J connectivity index is 1.64. The van der Waals surface area contributed by atoms with E-state index in [1.807, 2.05) is 18.5 Å². The van der Waals surface area contributed by atoms with Crippen LogP contribution in [0.4, 0.5) is 0 Å². The number of benzene rings is 1. The minimum atomic E-state index is 0.394. The number of rotatable bonds is 4. The van der Waals surface area contributed by atoms with Crippen LogP contribution in [-0.2, 0) is 11.3 Å². The fraction of sp³-hybridized carbons (Fsp3) is 0.400. The zero-order chi connectivity index (χ0) is 16.4. The second-order valence-corrected chi connectivity index (χ2v) is 6.55. The Bertz CT molecular complexity index is 834. The maximum absolute atomic E-state index is 5.86. The summed E-state index contributed by atoms with van der Waals surface area (Å²) in [6.07, 6.45) is 10.9. The van der Waals surface area contributed by atoms with Gasteiger partial charge in [-0.3, -0.25) is 4.98 Å². The Labute approximate surface area is 142 Å². The molecule has 2 aromatic heterocycles. The Morgan fingerprint density at radius 2 is 2.12 bits per heavy atom. The molecule has 4 nitrogen and oxygen atoms in total. The minimum Gasteiger partial charge on any atom is -0.378 e. The summed E-state index contributed by atoms with van der Waals surface area (Å²) < 4.78 is 8.11. The van der Waals surface area contributed by atoms with Gasteiger partial charge in [-0.15, -0.1) is 0 Å². The van der Waals surface area contributed by atoms with E-state index in [9.17, 15) is 0 Å². The van der Waals surface area contributed by atoms with Gasteiger partial charge in [-0.05, 0) is 44.2 Å². The molecule has 0 saturated carbocycles. The molecule has 1 aliphatic rings. The Hall–Kier alpha value is -2.20. The Morgan fingerprint density at radius 1 is 1.17 bits per heavy atom. The second-order valence-electron chi connectivity index (χ2n) is 6.55. The number of imidazole rings is 1. The highest BCUT2D eigenvalue weighted by molar-refractivity contribution is 5.94. The molecule has 0 aliphatic carbocycles. The van der Waals surface area contributed by atoms with Crippen LogP contribution in [-0.4, -0.2) is 27.2 Å². The van der Waals surface area contributed by atoms with Crippen LogP contribution in [0.15, 0.2) is 42.9 Å². The number of pyridine rings is 1. The van der Waals surface area contributed by atoms with E-state index in [0.29, 0.717) is 6.10 Å². The average Bonchev–Trinajstić information content (AvgIpc) is 3.10. The zero-order valence-corrected chi connectivity index (χ0v) is 14.1. The summed E-state index contributed by atoms with van der Waals surface area (Å²) in [7, 11) is 0. The molecule has 0 spiro atoms. The number of nitrogens with zero attached hydrogens (tertiary/aromatic N) is 3. The van der Waals surface area contributed by atoms with Crippen molar-refractivity contribution in [2.24, 2.45) is 0 Å². The maximum Gasteiger partial charge on any atom is 0.140 e. The van der Waals surface area contributed by atoms with Crippen LogP contribution in [0.3, 0.4) is 0 Å². The molecule has 124 valence electrons. The lowest BCUT2D eigenvalue weighted by Crippen LogP contribution is -2.20. The van der Waals surface area contributed by atoms with E-state index in [4.69, 9.17) is 4.74 Å². The van der Waals surface area contributed by atoms with Crippen LogP contribution in [0.1, 0.15) is 31.2 Å². The predicted octanol–water partition coefficient (Wildman–Crippen LogP) is 4.37. The van der Waals surface area contributed by atoms with Crippen molar-refractivity contribution < 1.29 is 4.74 Å². The smallest absolute Gasteiger partial charge is 0.140 e. The highest BCUT2D eigenvalue weighted by Crippen LogP contribution is 2.29. The highest BCUT2D eigenvalue weighted by atomic mass is 16.5. The normalized spacial score (nSPS) is 18.1. The van der Waals surface area contributed by atoms with Crippen molar-refractivity contribution in [3.63, 3.8) is 0 Å². The third-order valence-corrected chi connectivity index (χ3v) is 4.89. The van der Waals surface area contributed by atoms with E-state index in [-0.39, 0.29) is 0 Å². The van der Waals surface area contributed by atoms with Gasteiger partial charge in [-0.25, -0.2) is 4.98 Å². The van der Waals surface area contributed by atoms with Crippen LogP contribution in [0.5, 0.6) is 0 Å². The first-order chi connectivity index (χ1) is 11.8. The SMILES string of the molecule is Cc1ccc(-c2nccn2CCC2CCCCO2)c2cccnc12. The molecule has 1 saturated heterocycles. The number of aromatic nitrogens is 3. The van der Waals surface area contributed by atoms with Gasteiger partial charge in [0.05, 0.1) is 11.6 Å². The van der Waals surface area contributed by atoms with Crippen LogP contribution >= 0.6 is 0 Å². The molecule has 1 aromatic carbocycles. The molecule has 0 bridgehead atoms. The molecular weight excluding hydrogens is 298 g/mol. The van der Waals surface area contributed by atoms with Crippen molar-refractivity contribution >= 4 is 10.9 Å². The number of aryl methyl sites for hydroxylation is 2. The Morgan fingerprint density at radius 3 is 3.00 bits per heavy atom. The van der Waals surface area contributed by atoms with Gasteiger partial charge >= 0.3 is 0 Å². The molecule has 0 radical (unpaired) electrons. The Kier molecular flexibility index (Phi) is 4.30. The fourth-order valence-electron chi connectivity index (χ4n) is 3.56. The monoisotopic (exact) mass is 321 g/mol. The molecule has 4 rings (SSSR count). The molecule has 1 atom stereocenters. The summed E-state index contributed by atoms with van der Waals surface area (Å²) in [5.41, 5.74) is 3.40. The molecular formula is C20H23N3O. The quantitative estimate of drug-likeness (QED) is 0.716. The summed E-state index contributed by atoms with van der Waals surface area (Å²) in [6.45, 7) is 3.96. The number of fused-ring (bicyclic) bond motifs is 1. The summed E-state index contributed by atoms with van der Waals surface area (Å²) in [5.74, 6) is 1.02. The van der Waals surface area contributed by atoms with Gasteiger partial charge in [-0.2, -0.15) is 0 Å². The zero-order valence-electron chi connectivity index (χ0n) is 14.1. The van der Waals surface area contributed by atoms with Crippen LogP contribution in [0.2, 0.25) is 0 Å². The standard InChI is InChI=1S/C20H23N3O/c1-15-7-8-18(17-6-4-10-21-19(15)17)20-22-11-13-23(20)12-9-16-5-2-3-14-24-16/h4,6-8,10-11,13,16H,2-3,5,9,12,14H2,1H3. The van der Waals surface area contributed by atoms with E-state index in [0.717, 1.165) is 36.5 Å². The number of hydrogen-bond acceptors (Lipinski definition) is 3. The van der Waals surface area contributed by atoms with Crippen LogP contribution < -0.4 is 0 Å². The summed E-state index contributed by atoms with van der Waals surface area (Å²) in [5, 5.41) is 1.17. The molecule has 3 heterocycles. The number of ether oxygens (including phenoxy) is 1. The molecule has 1 aliphatic heterocycles. The molecule has 1 unspecified atom stereocenters. The fourth-order valence-corrected chi connectivity index (χ4v) is 3.56. The van der Waals surface area contributed by atoms with Gasteiger partial charge < -0.3 is 9.30 Å². The minimum absolute atomic E-state index is 0.394. The van der Waals surface area contributed by atoms with E-state index < -0.39 is 0 Å². The summed E-state index contributed by atoms with van der Waals surface area (Å²) >= 11 is 0.